The molecule has 1 aromatic carbocycles. The molecular weight excluding hydrogens is 262 g/mol. The second-order valence-corrected chi connectivity index (χ2v) is 4.41. The van der Waals surface area contributed by atoms with E-state index in [4.69, 9.17) is 14.2 Å². The van der Waals surface area contributed by atoms with Crippen LogP contribution in [0, 0.1) is 0 Å². The van der Waals surface area contributed by atoms with E-state index in [1.54, 1.807) is 30.2 Å². The van der Waals surface area contributed by atoms with Gasteiger partial charge in [-0.1, -0.05) is 0 Å². The van der Waals surface area contributed by atoms with Gasteiger partial charge in [0.2, 0.25) is 0 Å². The van der Waals surface area contributed by atoms with Crippen molar-refractivity contribution in [1.82, 2.24) is 4.90 Å². The van der Waals surface area contributed by atoms with Gasteiger partial charge in [-0.25, -0.2) is 4.79 Å². The summed E-state index contributed by atoms with van der Waals surface area (Å²) in [7, 11) is 2.92. The van der Waals surface area contributed by atoms with Crippen molar-refractivity contribution in [2.45, 2.75) is 6.54 Å². The van der Waals surface area contributed by atoms with Crippen molar-refractivity contribution in [2.24, 2.45) is 0 Å². The van der Waals surface area contributed by atoms with Crippen LogP contribution >= 0.6 is 0 Å². The van der Waals surface area contributed by atoms with Gasteiger partial charge in [-0.05, 0) is 18.2 Å². The zero-order chi connectivity index (χ0) is 14.5. The van der Waals surface area contributed by atoms with Gasteiger partial charge in [-0.2, -0.15) is 0 Å². The third kappa shape index (κ3) is 3.08. The smallest absolute Gasteiger partial charge is 0.337 e. The number of amides is 1. The molecule has 0 unspecified atom stereocenters. The molecule has 1 aromatic rings. The van der Waals surface area contributed by atoms with Crippen LogP contribution in [0.15, 0.2) is 18.2 Å². The molecule has 0 fully saturated rings. The molecule has 6 nitrogen and oxygen atoms in total. The molecule has 1 aliphatic heterocycles. The summed E-state index contributed by atoms with van der Waals surface area (Å²) in [5.74, 6) is 0.107. The third-order valence-corrected chi connectivity index (χ3v) is 3.11. The van der Waals surface area contributed by atoms with E-state index in [0.29, 0.717) is 31.0 Å². The van der Waals surface area contributed by atoms with E-state index in [-0.39, 0.29) is 12.5 Å². The van der Waals surface area contributed by atoms with Crippen LogP contribution in [0.25, 0.3) is 0 Å². The number of hydrogen-bond donors (Lipinski definition) is 0. The van der Waals surface area contributed by atoms with Crippen molar-refractivity contribution in [3.05, 3.63) is 29.3 Å². The lowest BCUT2D eigenvalue weighted by Gasteiger charge is -2.19. The molecule has 6 heteroatoms. The van der Waals surface area contributed by atoms with Gasteiger partial charge in [0.15, 0.2) is 6.61 Å². The highest BCUT2D eigenvalue weighted by atomic mass is 16.5. The molecule has 1 heterocycles. The molecule has 1 aliphatic rings. The zero-order valence-electron chi connectivity index (χ0n) is 11.5. The topological polar surface area (TPSA) is 65.1 Å². The summed E-state index contributed by atoms with van der Waals surface area (Å²) in [5, 5.41) is 0. The van der Waals surface area contributed by atoms with Crippen molar-refractivity contribution in [2.75, 3.05) is 34.0 Å². The average molecular weight is 279 g/mol. The van der Waals surface area contributed by atoms with E-state index >= 15 is 0 Å². The lowest BCUT2D eigenvalue weighted by Crippen LogP contribution is -2.34. The summed E-state index contributed by atoms with van der Waals surface area (Å²) in [6, 6.07) is 5.01. The Balaban J connectivity index is 2.24. The number of methoxy groups -OCH3 is 2. The van der Waals surface area contributed by atoms with E-state index in [1.165, 1.54) is 7.11 Å². The second kappa shape index (κ2) is 6.38. The number of benzene rings is 1. The van der Waals surface area contributed by atoms with E-state index in [1.807, 2.05) is 0 Å². The largest absolute Gasteiger partial charge is 0.483 e. The lowest BCUT2D eigenvalue weighted by atomic mass is 10.1. The molecule has 108 valence electrons. The van der Waals surface area contributed by atoms with Gasteiger partial charge in [-0.3, -0.25) is 4.79 Å². The molecule has 1 amide bonds. The van der Waals surface area contributed by atoms with Crippen molar-refractivity contribution < 1.29 is 23.8 Å². The molecule has 0 N–H and O–H groups in total. The Kier molecular flexibility index (Phi) is 4.57. The van der Waals surface area contributed by atoms with Crippen molar-refractivity contribution >= 4 is 11.9 Å². The van der Waals surface area contributed by atoms with Crippen LogP contribution in [-0.2, 0) is 20.8 Å². The van der Waals surface area contributed by atoms with Gasteiger partial charge in [-0.15, -0.1) is 0 Å². The quantitative estimate of drug-likeness (QED) is 0.764. The molecule has 0 aliphatic carbocycles. The molecule has 0 aromatic heterocycles. The monoisotopic (exact) mass is 279 g/mol. The number of fused-ring (bicyclic) bond motifs is 1. The number of hydrogen-bond acceptors (Lipinski definition) is 5. The average Bonchev–Trinajstić information content (AvgIpc) is 2.63. The molecule has 0 spiro atoms. The molecular formula is C14H17NO5. The Morgan fingerprint density at radius 1 is 1.40 bits per heavy atom. The molecule has 20 heavy (non-hydrogen) atoms. The third-order valence-electron chi connectivity index (χ3n) is 3.11. The summed E-state index contributed by atoms with van der Waals surface area (Å²) in [5.41, 5.74) is 1.23. The lowest BCUT2D eigenvalue weighted by molar-refractivity contribution is -0.133. The molecule has 0 atom stereocenters. The van der Waals surface area contributed by atoms with Gasteiger partial charge in [0.25, 0.3) is 5.91 Å². The van der Waals surface area contributed by atoms with Gasteiger partial charge in [0.05, 0.1) is 19.3 Å². The number of rotatable bonds is 4. The van der Waals surface area contributed by atoms with Crippen molar-refractivity contribution in [1.29, 1.82) is 0 Å². The van der Waals surface area contributed by atoms with Crippen molar-refractivity contribution in [3.63, 3.8) is 0 Å². The maximum Gasteiger partial charge on any atom is 0.337 e. The summed E-state index contributed by atoms with van der Waals surface area (Å²) in [4.78, 5) is 25.1. The minimum Gasteiger partial charge on any atom is -0.483 e. The first-order valence-electron chi connectivity index (χ1n) is 6.26. The Labute approximate surface area is 117 Å². The minimum absolute atomic E-state index is 0.00567. The standard InChI is InChI=1S/C14H17NO5/c1-18-6-5-15-8-11-7-10(14(17)19-2)3-4-12(11)20-9-13(15)16/h3-4,7H,5-6,8-9H2,1-2H3. The van der Waals surface area contributed by atoms with Gasteiger partial charge >= 0.3 is 5.97 Å². The van der Waals surface area contributed by atoms with Crippen LogP contribution in [-0.4, -0.2) is 50.8 Å². The zero-order valence-corrected chi connectivity index (χ0v) is 11.5. The number of carbonyl (C=O) groups is 2. The van der Waals surface area contributed by atoms with E-state index in [2.05, 4.69) is 0 Å². The predicted octanol–water partition coefficient (Wildman–Crippen LogP) is 0.841. The molecule has 0 radical (unpaired) electrons. The van der Waals surface area contributed by atoms with Crippen LogP contribution in [0.3, 0.4) is 0 Å². The van der Waals surface area contributed by atoms with Crippen LogP contribution in [0.2, 0.25) is 0 Å². The van der Waals surface area contributed by atoms with Crippen LogP contribution < -0.4 is 4.74 Å². The first-order chi connectivity index (χ1) is 9.65. The normalized spacial score (nSPS) is 14.3. The van der Waals surface area contributed by atoms with Crippen LogP contribution in [0.5, 0.6) is 5.75 Å². The fraction of sp³-hybridized carbons (Fsp3) is 0.429. The van der Waals surface area contributed by atoms with E-state index < -0.39 is 5.97 Å². The minimum atomic E-state index is -0.410. The Hall–Kier alpha value is -2.08. The van der Waals surface area contributed by atoms with Gasteiger partial charge < -0.3 is 19.1 Å². The number of ether oxygens (including phenoxy) is 3. The maximum absolute atomic E-state index is 11.9. The highest BCUT2D eigenvalue weighted by Gasteiger charge is 2.22. The Bertz CT molecular complexity index is 514. The SMILES string of the molecule is COCCN1Cc2cc(C(=O)OC)ccc2OCC1=O. The van der Waals surface area contributed by atoms with Crippen molar-refractivity contribution in [3.8, 4) is 5.75 Å². The molecule has 0 saturated heterocycles. The summed E-state index contributed by atoms with van der Waals surface area (Å²) < 4.78 is 15.1. The Morgan fingerprint density at radius 3 is 2.90 bits per heavy atom. The summed E-state index contributed by atoms with van der Waals surface area (Å²) in [6.45, 7) is 1.33. The number of carbonyl (C=O) groups excluding carboxylic acids is 2. The maximum atomic E-state index is 11.9. The molecule has 0 bridgehead atoms. The highest BCUT2D eigenvalue weighted by Crippen LogP contribution is 2.25. The summed E-state index contributed by atoms with van der Waals surface area (Å²) >= 11 is 0. The number of nitrogens with zero attached hydrogens (tertiary/aromatic N) is 1. The molecule has 0 saturated carbocycles. The first-order valence-corrected chi connectivity index (χ1v) is 6.26. The highest BCUT2D eigenvalue weighted by molar-refractivity contribution is 5.90. The van der Waals surface area contributed by atoms with E-state index in [9.17, 15) is 9.59 Å². The fourth-order valence-electron chi connectivity index (χ4n) is 2.02. The fourth-order valence-corrected chi connectivity index (χ4v) is 2.02. The van der Waals surface area contributed by atoms with Gasteiger partial charge in [0.1, 0.15) is 5.75 Å². The Morgan fingerprint density at radius 2 is 2.20 bits per heavy atom. The molecule has 2 rings (SSSR count). The second-order valence-electron chi connectivity index (χ2n) is 4.41. The number of esters is 1. The van der Waals surface area contributed by atoms with Crippen LogP contribution in [0.1, 0.15) is 15.9 Å². The summed E-state index contributed by atoms with van der Waals surface area (Å²) in [6.07, 6.45) is 0. The first kappa shape index (κ1) is 14.3. The van der Waals surface area contributed by atoms with Gasteiger partial charge in [0, 0.05) is 25.8 Å². The predicted molar refractivity (Wildman–Crippen MR) is 70.6 cm³/mol. The van der Waals surface area contributed by atoms with Crippen LogP contribution in [0.4, 0.5) is 0 Å². The van der Waals surface area contributed by atoms with E-state index in [0.717, 1.165) is 5.56 Å².